The zero-order valence-electron chi connectivity index (χ0n) is 19.7. The normalized spacial score (nSPS) is 18.7. The number of carbonyl (C=O) groups is 1. The highest BCUT2D eigenvalue weighted by Crippen LogP contribution is 2.50. The van der Waals surface area contributed by atoms with Crippen LogP contribution in [0.25, 0.3) is 10.9 Å². The third-order valence-corrected chi connectivity index (χ3v) is 6.59. The van der Waals surface area contributed by atoms with Crippen LogP contribution in [0.3, 0.4) is 0 Å². The van der Waals surface area contributed by atoms with Gasteiger partial charge < -0.3 is 10.2 Å². The zero-order chi connectivity index (χ0) is 28.1. The first-order valence-corrected chi connectivity index (χ1v) is 11.4. The highest BCUT2D eigenvalue weighted by Gasteiger charge is 2.60. The molecule has 4 rings (SSSR count). The van der Waals surface area contributed by atoms with Crippen molar-refractivity contribution >= 4 is 28.3 Å². The lowest BCUT2D eigenvalue weighted by Crippen LogP contribution is -2.45. The molecule has 1 saturated heterocycles. The summed E-state index contributed by atoms with van der Waals surface area (Å²) in [6, 6.07) is 7.77. The molecule has 1 atom stereocenters. The number of amides is 1. The summed E-state index contributed by atoms with van der Waals surface area (Å²) in [6.07, 6.45) is -16.3. The van der Waals surface area contributed by atoms with Crippen LogP contribution in [-0.4, -0.2) is 30.2 Å². The van der Waals surface area contributed by atoms with Gasteiger partial charge in [-0.25, -0.2) is 4.98 Å². The van der Waals surface area contributed by atoms with E-state index in [1.165, 1.54) is 17.0 Å². The second-order valence-corrected chi connectivity index (χ2v) is 8.99. The Morgan fingerprint density at radius 3 is 2.13 bits per heavy atom. The number of halogens is 9. The predicted octanol–water partition coefficient (Wildman–Crippen LogP) is 7.33. The first-order chi connectivity index (χ1) is 17.5. The number of hydrogen-bond acceptors (Lipinski definition) is 3. The summed E-state index contributed by atoms with van der Waals surface area (Å²) in [5.41, 5.74) is -6.96. The molecule has 4 nitrogen and oxygen atoms in total. The van der Waals surface area contributed by atoms with E-state index in [-0.39, 0.29) is 42.9 Å². The minimum Gasteiger partial charge on any atom is -0.355 e. The summed E-state index contributed by atoms with van der Waals surface area (Å²) in [5, 5.41) is 3.19. The summed E-state index contributed by atoms with van der Waals surface area (Å²) >= 11 is 0. The van der Waals surface area contributed by atoms with Gasteiger partial charge in [0.25, 0.3) is 0 Å². The van der Waals surface area contributed by atoms with Crippen molar-refractivity contribution in [3.8, 4) is 0 Å². The topological polar surface area (TPSA) is 45.2 Å². The number of aromatic nitrogens is 1. The Morgan fingerprint density at radius 1 is 0.947 bits per heavy atom. The Bertz CT molecular complexity index is 1330. The standard InChI is InChI=1S/C25H20F9N3O/c1-2-21(38)36-19-5-3-4-18-17(19)6-7-20(35-18)37-9-8-22(13-37,25(32,33)34)14-10-15(23(26,27)28)12-16(11-14)24(29,30)31/h3-7,10-12H,2,8-9,13H2,1H3,(H,36,38). The summed E-state index contributed by atoms with van der Waals surface area (Å²) in [6.45, 7) is 0.404. The van der Waals surface area contributed by atoms with Crippen LogP contribution in [-0.2, 0) is 22.6 Å². The fourth-order valence-electron chi connectivity index (χ4n) is 4.54. The fraction of sp³-hybridized carbons (Fsp3) is 0.360. The van der Waals surface area contributed by atoms with Crippen molar-refractivity contribution in [2.45, 2.75) is 43.7 Å². The zero-order valence-corrected chi connectivity index (χ0v) is 19.7. The molecule has 1 amide bonds. The van der Waals surface area contributed by atoms with Crippen LogP contribution in [0.15, 0.2) is 48.5 Å². The van der Waals surface area contributed by atoms with Crippen molar-refractivity contribution in [2.75, 3.05) is 23.3 Å². The third-order valence-electron chi connectivity index (χ3n) is 6.59. The SMILES string of the molecule is CCC(=O)Nc1cccc2nc(N3CCC(c4cc(C(F)(F)F)cc(C(F)(F)F)c4)(C(F)(F)F)C3)ccc12. The lowest BCUT2D eigenvalue weighted by atomic mass is 9.77. The second-order valence-electron chi connectivity index (χ2n) is 8.99. The summed E-state index contributed by atoms with van der Waals surface area (Å²) in [7, 11) is 0. The number of pyridine rings is 1. The number of nitrogens with one attached hydrogen (secondary N) is 1. The van der Waals surface area contributed by atoms with Crippen molar-refractivity contribution in [1.29, 1.82) is 0 Å². The Labute approximate surface area is 210 Å². The summed E-state index contributed by atoms with van der Waals surface area (Å²) in [4.78, 5) is 17.3. The van der Waals surface area contributed by atoms with Crippen LogP contribution in [0.4, 0.5) is 51.0 Å². The minimum absolute atomic E-state index is 0.0608. The molecule has 0 saturated carbocycles. The van der Waals surface area contributed by atoms with Gasteiger partial charge in [0.05, 0.1) is 22.3 Å². The smallest absolute Gasteiger partial charge is 0.355 e. The van der Waals surface area contributed by atoms with Crippen LogP contribution in [0, 0.1) is 0 Å². The van der Waals surface area contributed by atoms with Crippen molar-refractivity contribution in [2.24, 2.45) is 0 Å². The number of benzene rings is 2. The Kier molecular flexibility index (Phi) is 6.77. The third kappa shape index (κ3) is 5.10. The van der Waals surface area contributed by atoms with Gasteiger partial charge in [0.1, 0.15) is 11.2 Å². The van der Waals surface area contributed by atoms with Crippen molar-refractivity contribution < 1.29 is 44.3 Å². The maximum atomic E-state index is 14.5. The average Bonchev–Trinajstić information content (AvgIpc) is 3.30. The average molecular weight is 549 g/mol. The minimum atomic E-state index is -5.29. The monoisotopic (exact) mass is 549 g/mol. The van der Waals surface area contributed by atoms with Crippen molar-refractivity contribution in [3.05, 3.63) is 65.2 Å². The molecule has 38 heavy (non-hydrogen) atoms. The van der Waals surface area contributed by atoms with Gasteiger partial charge in [-0.15, -0.1) is 0 Å². The van der Waals surface area contributed by atoms with E-state index >= 15 is 0 Å². The van der Waals surface area contributed by atoms with Gasteiger partial charge in [0.2, 0.25) is 5.91 Å². The number of alkyl halides is 9. The Morgan fingerprint density at radius 2 is 1.58 bits per heavy atom. The summed E-state index contributed by atoms with van der Waals surface area (Å²) in [5.74, 6) is -0.207. The van der Waals surface area contributed by atoms with Crippen LogP contribution >= 0.6 is 0 Å². The van der Waals surface area contributed by atoms with E-state index in [0.29, 0.717) is 16.6 Å². The molecule has 3 aromatic rings. The maximum absolute atomic E-state index is 14.5. The van der Waals surface area contributed by atoms with Gasteiger partial charge in [0, 0.05) is 24.9 Å². The largest absolute Gasteiger partial charge is 0.416 e. The molecule has 2 aromatic carbocycles. The van der Waals surface area contributed by atoms with Gasteiger partial charge in [-0.1, -0.05) is 13.0 Å². The first-order valence-electron chi connectivity index (χ1n) is 11.4. The number of anilines is 2. The Hall–Kier alpha value is -3.51. The molecule has 2 heterocycles. The maximum Gasteiger partial charge on any atom is 0.416 e. The van der Waals surface area contributed by atoms with E-state index in [0.717, 1.165) is 0 Å². The lowest BCUT2D eigenvalue weighted by Gasteiger charge is -2.33. The number of rotatable bonds is 4. The highest BCUT2D eigenvalue weighted by atomic mass is 19.4. The van der Waals surface area contributed by atoms with E-state index in [1.807, 2.05) is 0 Å². The van der Waals surface area contributed by atoms with Gasteiger partial charge in [0.15, 0.2) is 0 Å². The van der Waals surface area contributed by atoms with Crippen LogP contribution in [0.1, 0.15) is 36.5 Å². The molecule has 13 heteroatoms. The van der Waals surface area contributed by atoms with E-state index in [4.69, 9.17) is 0 Å². The van der Waals surface area contributed by atoms with Crippen LogP contribution in [0.5, 0.6) is 0 Å². The molecule has 1 fully saturated rings. The van der Waals surface area contributed by atoms with E-state index in [9.17, 15) is 44.3 Å². The first kappa shape index (κ1) is 27.5. The molecule has 1 N–H and O–H groups in total. The second kappa shape index (κ2) is 9.35. The molecule has 1 aliphatic heterocycles. The molecule has 1 aliphatic rings. The Balaban J connectivity index is 1.77. The molecule has 0 aliphatic carbocycles. The van der Waals surface area contributed by atoms with Gasteiger partial charge in [-0.05, 0) is 54.4 Å². The molecular weight excluding hydrogens is 529 g/mol. The lowest BCUT2D eigenvalue weighted by molar-refractivity contribution is -0.185. The summed E-state index contributed by atoms with van der Waals surface area (Å²) < 4.78 is 124. The van der Waals surface area contributed by atoms with Crippen molar-refractivity contribution in [3.63, 3.8) is 0 Å². The van der Waals surface area contributed by atoms with E-state index < -0.39 is 53.6 Å². The van der Waals surface area contributed by atoms with Gasteiger partial charge >= 0.3 is 18.5 Å². The van der Waals surface area contributed by atoms with Gasteiger partial charge in [-0.3, -0.25) is 4.79 Å². The number of fused-ring (bicyclic) bond motifs is 1. The van der Waals surface area contributed by atoms with Crippen molar-refractivity contribution in [1.82, 2.24) is 4.98 Å². The predicted molar refractivity (Wildman–Crippen MR) is 122 cm³/mol. The fourth-order valence-corrected chi connectivity index (χ4v) is 4.54. The molecule has 0 bridgehead atoms. The molecule has 0 radical (unpaired) electrons. The highest BCUT2D eigenvalue weighted by molar-refractivity contribution is 6.01. The van der Waals surface area contributed by atoms with Crippen LogP contribution in [0.2, 0.25) is 0 Å². The molecule has 1 unspecified atom stereocenters. The number of carbonyl (C=O) groups excluding carboxylic acids is 1. The number of nitrogens with zero attached hydrogens (tertiary/aromatic N) is 2. The molecular formula is C25H20F9N3O. The molecule has 0 spiro atoms. The molecule has 1 aromatic heterocycles. The number of hydrogen-bond donors (Lipinski definition) is 1. The van der Waals surface area contributed by atoms with Gasteiger partial charge in [-0.2, -0.15) is 39.5 Å². The van der Waals surface area contributed by atoms with Crippen LogP contribution < -0.4 is 10.2 Å². The van der Waals surface area contributed by atoms with E-state index in [1.54, 1.807) is 25.1 Å². The molecule has 204 valence electrons. The van der Waals surface area contributed by atoms with E-state index in [2.05, 4.69) is 10.3 Å². The quantitative estimate of drug-likeness (QED) is 0.347.